The third-order valence-corrected chi connectivity index (χ3v) is 3.82. The Morgan fingerprint density at radius 3 is 2.89 bits per heavy atom. The van der Waals surface area contributed by atoms with E-state index in [0.717, 1.165) is 31.7 Å². The van der Waals surface area contributed by atoms with Crippen LogP contribution in [0.2, 0.25) is 0 Å². The van der Waals surface area contributed by atoms with Gasteiger partial charge in [-0.05, 0) is 6.42 Å². The van der Waals surface area contributed by atoms with Gasteiger partial charge in [-0.15, -0.1) is 0 Å². The van der Waals surface area contributed by atoms with Crippen LogP contribution in [0, 0.1) is 0 Å². The van der Waals surface area contributed by atoms with Gasteiger partial charge in [-0.1, -0.05) is 43.7 Å². The summed E-state index contributed by atoms with van der Waals surface area (Å²) in [6.07, 6.45) is 3.05. The molecule has 3 heteroatoms. The molecule has 0 aliphatic carbocycles. The van der Waals surface area contributed by atoms with Crippen molar-refractivity contribution in [2.75, 3.05) is 26.2 Å². The second-order valence-corrected chi connectivity index (χ2v) is 5.22. The summed E-state index contributed by atoms with van der Waals surface area (Å²) in [6.45, 7) is 6.28. The Morgan fingerprint density at radius 2 is 2.16 bits per heavy atom. The van der Waals surface area contributed by atoms with Gasteiger partial charge in [0, 0.05) is 44.2 Å². The molecule has 0 spiro atoms. The first-order valence-corrected chi connectivity index (χ1v) is 7.34. The van der Waals surface area contributed by atoms with Gasteiger partial charge in [0.15, 0.2) is 5.78 Å². The average Bonchev–Trinajstić information content (AvgIpc) is 2.47. The number of carbonyl (C=O) groups is 1. The number of hydrogen-bond acceptors (Lipinski definition) is 3. The molecule has 3 nitrogen and oxygen atoms in total. The van der Waals surface area contributed by atoms with E-state index in [4.69, 9.17) is 0 Å². The van der Waals surface area contributed by atoms with Crippen molar-refractivity contribution in [3.05, 3.63) is 35.9 Å². The van der Waals surface area contributed by atoms with Crippen LogP contribution in [0.4, 0.5) is 0 Å². The molecular formula is C16H24N2O. The van der Waals surface area contributed by atoms with Gasteiger partial charge in [-0.3, -0.25) is 9.69 Å². The highest BCUT2D eigenvalue weighted by molar-refractivity contribution is 5.96. The Balaban J connectivity index is 1.85. The Hall–Kier alpha value is -1.19. The highest BCUT2D eigenvalue weighted by atomic mass is 16.1. The molecule has 1 aromatic carbocycles. The van der Waals surface area contributed by atoms with Crippen molar-refractivity contribution in [2.24, 2.45) is 0 Å². The molecule has 0 radical (unpaired) electrons. The van der Waals surface area contributed by atoms with Crippen molar-refractivity contribution in [1.29, 1.82) is 0 Å². The number of carbonyl (C=O) groups excluding carboxylic acids is 1. The minimum Gasteiger partial charge on any atom is -0.314 e. The maximum Gasteiger partial charge on any atom is 0.164 e. The summed E-state index contributed by atoms with van der Waals surface area (Å²) in [7, 11) is 0. The normalized spacial score (nSPS) is 20.4. The van der Waals surface area contributed by atoms with Crippen LogP contribution in [0.1, 0.15) is 36.5 Å². The van der Waals surface area contributed by atoms with Crippen molar-refractivity contribution >= 4 is 5.78 Å². The van der Waals surface area contributed by atoms with Gasteiger partial charge in [0.1, 0.15) is 0 Å². The Labute approximate surface area is 116 Å². The molecule has 1 aliphatic heterocycles. The summed E-state index contributed by atoms with van der Waals surface area (Å²) >= 11 is 0. The van der Waals surface area contributed by atoms with Crippen molar-refractivity contribution in [2.45, 2.75) is 32.2 Å². The van der Waals surface area contributed by atoms with Gasteiger partial charge < -0.3 is 5.32 Å². The van der Waals surface area contributed by atoms with E-state index in [1.54, 1.807) is 0 Å². The van der Waals surface area contributed by atoms with E-state index in [2.05, 4.69) is 17.1 Å². The molecule has 1 N–H and O–H groups in total. The zero-order valence-electron chi connectivity index (χ0n) is 11.8. The van der Waals surface area contributed by atoms with Crippen LogP contribution < -0.4 is 5.32 Å². The smallest absolute Gasteiger partial charge is 0.164 e. The molecule has 1 fully saturated rings. The zero-order chi connectivity index (χ0) is 13.5. The van der Waals surface area contributed by atoms with E-state index in [1.807, 2.05) is 30.3 Å². The highest BCUT2D eigenvalue weighted by Gasteiger charge is 2.21. The summed E-state index contributed by atoms with van der Waals surface area (Å²) < 4.78 is 0. The molecule has 2 rings (SSSR count). The standard InChI is InChI=1S/C16H24N2O/c1-2-6-15-13-17-10-12-18(15)11-9-16(19)14-7-4-3-5-8-14/h3-5,7-8,15,17H,2,6,9-13H2,1H3. The van der Waals surface area contributed by atoms with E-state index in [0.29, 0.717) is 12.5 Å². The monoisotopic (exact) mass is 260 g/mol. The number of hydrogen-bond donors (Lipinski definition) is 1. The fourth-order valence-electron chi connectivity index (χ4n) is 2.73. The number of nitrogens with zero attached hydrogens (tertiary/aromatic N) is 1. The minimum absolute atomic E-state index is 0.259. The molecule has 1 aliphatic rings. The van der Waals surface area contributed by atoms with Crippen molar-refractivity contribution in [3.8, 4) is 0 Å². The van der Waals surface area contributed by atoms with Crippen LogP contribution in [-0.4, -0.2) is 42.9 Å². The van der Waals surface area contributed by atoms with E-state index >= 15 is 0 Å². The van der Waals surface area contributed by atoms with Crippen LogP contribution in [0.3, 0.4) is 0 Å². The second kappa shape index (κ2) is 7.41. The molecule has 19 heavy (non-hydrogen) atoms. The zero-order valence-corrected chi connectivity index (χ0v) is 11.8. The maximum absolute atomic E-state index is 12.1. The highest BCUT2D eigenvalue weighted by Crippen LogP contribution is 2.11. The number of piperazine rings is 1. The lowest BCUT2D eigenvalue weighted by Crippen LogP contribution is -2.51. The molecule has 0 amide bonds. The van der Waals surface area contributed by atoms with E-state index in [-0.39, 0.29) is 5.78 Å². The van der Waals surface area contributed by atoms with Crippen molar-refractivity contribution in [3.63, 3.8) is 0 Å². The molecule has 104 valence electrons. The Bertz CT molecular complexity index is 389. The lowest BCUT2D eigenvalue weighted by atomic mass is 10.1. The van der Waals surface area contributed by atoms with Crippen LogP contribution in [-0.2, 0) is 0 Å². The fraction of sp³-hybridized carbons (Fsp3) is 0.562. The third kappa shape index (κ3) is 4.15. The molecule has 1 aromatic rings. The lowest BCUT2D eigenvalue weighted by Gasteiger charge is -2.36. The topological polar surface area (TPSA) is 32.3 Å². The first kappa shape index (κ1) is 14.2. The SMILES string of the molecule is CCCC1CNCCN1CCC(=O)c1ccccc1. The van der Waals surface area contributed by atoms with E-state index < -0.39 is 0 Å². The quantitative estimate of drug-likeness (QED) is 0.797. The minimum atomic E-state index is 0.259. The fourth-order valence-corrected chi connectivity index (χ4v) is 2.73. The summed E-state index contributed by atoms with van der Waals surface area (Å²) in [5.41, 5.74) is 0.838. The van der Waals surface area contributed by atoms with E-state index in [1.165, 1.54) is 12.8 Å². The number of ketones is 1. The summed E-state index contributed by atoms with van der Waals surface area (Å²) in [4.78, 5) is 14.6. The predicted octanol–water partition coefficient (Wildman–Crippen LogP) is 2.33. The van der Waals surface area contributed by atoms with Gasteiger partial charge in [0.2, 0.25) is 0 Å². The van der Waals surface area contributed by atoms with Crippen LogP contribution >= 0.6 is 0 Å². The van der Waals surface area contributed by atoms with Crippen LogP contribution in [0.15, 0.2) is 30.3 Å². The first-order valence-electron chi connectivity index (χ1n) is 7.34. The van der Waals surface area contributed by atoms with Gasteiger partial charge in [0.25, 0.3) is 0 Å². The Kier molecular flexibility index (Phi) is 5.55. The maximum atomic E-state index is 12.1. The third-order valence-electron chi connectivity index (χ3n) is 3.82. The summed E-state index contributed by atoms with van der Waals surface area (Å²) in [6, 6.07) is 10.2. The van der Waals surface area contributed by atoms with Crippen molar-refractivity contribution in [1.82, 2.24) is 10.2 Å². The van der Waals surface area contributed by atoms with Crippen LogP contribution in [0.5, 0.6) is 0 Å². The molecule has 1 unspecified atom stereocenters. The van der Waals surface area contributed by atoms with E-state index in [9.17, 15) is 4.79 Å². The molecular weight excluding hydrogens is 236 g/mol. The molecule has 0 bridgehead atoms. The predicted molar refractivity (Wildman–Crippen MR) is 78.5 cm³/mol. The van der Waals surface area contributed by atoms with Gasteiger partial charge in [0.05, 0.1) is 0 Å². The van der Waals surface area contributed by atoms with Crippen LogP contribution in [0.25, 0.3) is 0 Å². The van der Waals surface area contributed by atoms with Gasteiger partial charge in [-0.25, -0.2) is 0 Å². The second-order valence-electron chi connectivity index (χ2n) is 5.22. The number of nitrogens with one attached hydrogen (secondary N) is 1. The lowest BCUT2D eigenvalue weighted by molar-refractivity contribution is 0.0930. The largest absolute Gasteiger partial charge is 0.314 e. The summed E-state index contributed by atoms with van der Waals surface area (Å²) in [5, 5.41) is 3.44. The van der Waals surface area contributed by atoms with Crippen molar-refractivity contribution < 1.29 is 4.79 Å². The Morgan fingerprint density at radius 1 is 1.37 bits per heavy atom. The molecule has 1 atom stereocenters. The van der Waals surface area contributed by atoms with Gasteiger partial charge in [-0.2, -0.15) is 0 Å². The molecule has 0 aromatic heterocycles. The first-order chi connectivity index (χ1) is 9.31. The summed E-state index contributed by atoms with van der Waals surface area (Å²) in [5.74, 6) is 0.259. The number of benzene rings is 1. The van der Waals surface area contributed by atoms with Gasteiger partial charge >= 0.3 is 0 Å². The number of Topliss-reactive ketones (excluding diaryl/α,β-unsaturated/α-hetero) is 1. The molecule has 1 saturated heterocycles. The number of rotatable bonds is 6. The molecule has 1 heterocycles. The average molecular weight is 260 g/mol. The molecule has 0 saturated carbocycles.